The van der Waals surface area contributed by atoms with Crippen LogP contribution in [0.5, 0.6) is 11.5 Å². The number of carbonyl (C=O) groups excluding carboxylic acids is 3. The molecule has 0 heterocycles. The van der Waals surface area contributed by atoms with Crippen molar-refractivity contribution in [3.63, 3.8) is 0 Å². The van der Waals surface area contributed by atoms with Crippen molar-refractivity contribution < 1.29 is 41.4 Å². The van der Waals surface area contributed by atoms with Gasteiger partial charge in [-0.05, 0) is 60.2 Å². The summed E-state index contributed by atoms with van der Waals surface area (Å²) in [6.45, 7) is 0. The minimum Gasteiger partial charge on any atom is -0.497 e. The molecule has 0 fully saturated rings. The molecular weight excluding hydrogens is 686 g/mol. The second-order valence-electron chi connectivity index (χ2n) is 10.7. The minimum atomic E-state index is -1.75. The summed E-state index contributed by atoms with van der Waals surface area (Å²) in [4.78, 5) is 40.8. The minimum absolute atomic E-state index is 0.0461. The molecule has 5 aromatic carbocycles. The Morgan fingerprint density at radius 3 is 2.04 bits per heavy atom. The Kier molecular flexibility index (Phi) is 11.7. The van der Waals surface area contributed by atoms with Gasteiger partial charge in [-0.25, -0.2) is 17.6 Å². The average molecular weight is 716 g/mol. The monoisotopic (exact) mass is 715 g/mol. The van der Waals surface area contributed by atoms with Crippen molar-refractivity contribution in [1.82, 2.24) is 5.32 Å². The quantitative estimate of drug-likeness (QED) is 0.0522. The van der Waals surface area contributed by atoms with Gasteiger partial charge in [0.1, 0.15) is 28.1 Å². The molecule has 0 aliphatic rings. The molecule has 0 bridgehead atoms. The van der Waals surface area contributed by atoms with E-state index in [1.807, 2.05) is 5.32 Å². The standard InChI is InChI=1S/C38H29F4N3O5S/c1-49-26-16-17-31(50-2)24(18-26)19-30(44-36(46)23-12-7-4-8-13-23)37(47)43-25-14-9-15-27(20-25)51-35(22-10-5-3-6-11-22)38(48)45-34-32(41)28(39)21-29(40)33(34)42/h3-21,35H,1-2H3,(H,43,47)(H,44,46)(H,45,48)/b30-19+. The van der Waals surface area contributed by atoms with Crippen molar-refractivity contribution in [2.75, 3.05) is 24.9 Å². The molecular formula is C38H29F4N3O5S. The molecule has 0 spiro atoms. The van der Waals surface area contributed by atoms with Gasteiger partial charge in [-0.3, -0.25) is 14.4 Å². The lowest BCUT2D eigenvalue weighted by Crippen LogP contribution is -2.30. The van der Waals surface area contributed by atoms with Crippen LogP contribution in [0.15, 0.2) is 120 Å². The molecule has 0 radical (unpaired) electrons. The Labute approximate surface area is 294 Å². The number of thioether (sulfide) groups is 1. The molecule has 0 saturated heterocycles. The van der Waals surface area contributed by atoms with E-state index in [1.54, 1.807) is 97.1 Å². The number of ether oxygens (including phenoxy) is 2. The Bertz CT molecular complexity index is 2070. The summed E-state index contributed by atoms with van der Waals surface area (Å²) in [5, 5.41) is 6.22. The molecule has 1 atom stereocenters. The Morgan fingerprint density at radius 1 is 0.725 bits per heavy atom. The maximum absolute atomic E-state index is 14.4. The highest BCUT2D eigenvalue weighted by molar-refractivity contribution is 8.00. The van der Waals surface area contributed by atoms with Crippen molar-refractivity contribution in [1.29, 1.82) is 0 Å². The van der Waals surface area contributed by atoms with Gasteiger partial charge in [-0.1, -0.05) is 54.6 Å². The normalized spacial score (nSPS) is 11.7. The third kappa shape index (κ3) is 8.94. The molecule has 8 nitrogen and oxygen atoms in total. The first-order valence-electron chi connectivity index (χ1n) is 15.1. The van der Waals surface area contributed by atoms with Crippen LogP contribution in [0.2, 0.25) is 0 Å². The lowest BCUT2D eigenvalue weighted by atomic mass is 10.1. The first-order valence-corrected chi connectivity index (χ1v) is 16.0. The molecule has 3 N–H and O–H groups in total. The number of halogens is 4. The summed E-state index contributed by atoms with van der Waals surface area (Å²) >= 11 is 0.948. The number of nitrogens with one attached hydrogen (secondary N) is 3. The van der Waals surface area contributed by atoms with Crippen molar-refractivity contribution in [3.05, 3.63) is 155 Å². The van der Waals surface area contributed by atoms with Crippen LogP contribution in [0, 0.1) is 23.3 Å². The van der Waals surface area contributed by atoms with Crippen LogP contribution in [0.25, 0.3) is 6.08 Å². The molecule has 51 heavy (non-hydrogen) atoms. The third-order valence-corrected chi connectivity index (χ3v) is 8.56. The molecule has 3 amide bonds. The van der Waals surface area contributed by atoms with E-state index < -0.39 is 51.9 Å². The zero-order valence-electron chi connectivity index (χ0n) is 27.0. The fourth-order valence-corrected chi connectivity index (χ4v) is 5.89. The van der Waals surface area contributed by atoms with Crippen molar-refractivity contribution in [3.8, 4) is 11.5 Å². The van der Waals surface area contributed by atoms with Gasteiger partial charge < -0.3 is 25.4 Å². The van der Waals surface area contributed by atoms with Gasteiger partial charge >= 0.3 is 0 Å². The van der Waals surface area contributed by atoms with Gasteiger partial charge in [0, 0.05) is 27.8 Å². The van der Waals surface area contributed by atoms with Crippen LogP contribution in [0.1, 0.15) is 26.7 Å². The number of hydrogen-bond acceptors (Lipinski definition) is 6. The van der Waals surface area contributed by atoms with Crippen LogP contribution in [0.4, 0.5) is 28.9 Å². The van der Waals surface area contributed by atoms with Crippen molar-refractivity contribution in [2.45, 2.75) is 10.1 Å². The zero-order valence-corrected chi connectivity index (χ0v) is 27.8. The lowest BCUT2D eigenvalue weighted by molar-refractivity contribution is -0.116. The van der Waals surface area contributed by atoms with E-state index in [2.05, 4.69) is 10.6 Å². The number of rotatable bonds is 12. The number of anilines is 2. The topological polar surface area (TPSA) is 106 Å². The molecule has 1 unspecified atom stereocenters. The van der Waals surface area contributed by atoms with Crippen LogP contribution in [-0.4, -0.2) is 31.9 Å². The Balaban J connectivity index is 1.44. The molecule has 0 aliphatic heterocycles. The largest absolute Gasteiger partial charge is 0.497 e. The summed E-state index contributed by atoms with van der Waals surface area (Å²) < 4.78 is 67.4. The van der Waals surface area contributed by atoms with E-state index in [0.29, 0.717) is 33.1 Å². The summed E-state index contributed by atoms with van der Waals surface area (Å²) in [6, 6.07) is 27.8. The maximum atomic E-state index is 14.4. The van der Waals surface area contributed by atoms with Gasteiger partial charge in [-0.2, -0.15) is 0 Å². The van der Waals surface area contributed by atoms with Crippen LogP contribution in [0.3, 0.4) is 0 Å². The van der Waals surface area contributed by atoms with E-state index in [4.69, 9.17) is 9.47 Å². The number of benzene rings is 5. The van der Waals surface area contributed by atoms with Gasteiger partial charge in [0.05, 0.1) is 14.2 Å². The van der Waals surface area contributed by atoms with Crippen LogP contribution in [-0.2, 0) is 9.59 Å². The third-order valence-electron chi connectivity index (χ3n) is 7.31. The summed E-state index contributed by atoms with van der Waals surface area (Å²) in [7, 11) is 2.94. The van der Waals surface area contributed by atoms with E-state index in [9.17, 15) is 31.9 Å². The molecule has 5 rings (SSSR count). The summed E-state index contributed by atoms with van der Waals surface area (Å²) in [5.41, 5.74) is 0.0127. The molecule has 0 saturated carbocycles. The predicted octanol–water partition coefficient (Wildman–Crippen LogP) is 8.14. The second kappa shape index (κ2) is 16.5. The smallest absolute Gasteiger partial charge is 0.272 e. The van der Waals surface area contributed by atoms with Gasteiger partial charge in [0.15, 0.2) is 23.3 Å². The molecule has 0 aliphatic carbocycles. The number of amides is 3. The second-order valence-corrected chi connectivity index (χ2v) is 11.9. The first-order chi connectivity index (χ1) is 24.6. The average Bonchev–Trinajstić information content (AvgIpc) is 3.15. The fraction of sp³-hybridized carbons (Fsp3) is 0.0789. The van der Waals surface area contributed by atoms with Crippen LogP contribution >= 0.6 is 11.8 Å². The molecule has 13 heteroatoms. The summed E-state index contributed by atoms with van der Waals surface area (Å²) in [5.74, 6) is -8.19. The Hall–Kier alpha value is -6.08. The van der Waals surface area contributed by atoms with Gasteiger partial charge in [-0.15, -0.1) is 11.8 Å². The number of hydrogen-bond donors (Lipinski definition) is 3. The molecule has 5 aromatic rings. The predicted molar refractivity (Wildman–Crippen MR) is 186 cm³/mol. The van der Waals surface area contributed by atoms with Gasteiger partial charge in [0.2, 0.25) is 5.91 Å². The highest BCUT2D eigenvalue weighted by Gasteiger charge is 2.27. The van der Waals surface area contributed by atoms with E-state index in [0.717, 1.165) is 11.8 Å². The molecule has 260 valence electrons. The SMILES string of the molecule is COc1ccc(OC)c(/C=C(/NC(=O)c2ccccc2)C(=O)Nc2cccc(SC(C(=O)Nc3c(F)c(F)cc(F)c3F)c3ccccc3)c2)c1. The number of carbonyl (C=O) groups is 3. The molecule has 0 aromatic heterocycles. The van der Waals surface area contributed by atoms with E-state index in [1.165, 1.54) is 26.4 Å². The highest BCUT2D eigenvalue weighted by Crippen LogP contribution is 2.38. The maximum Gasteiger partial charge on any atom is 0.272 e. The number of methoxy groups -OCH3 is 2. The van der Waals surface area contributed by atoms with Gasteiger partial charge in [0.25, 0.3) is 11.8 Å². The first kappa shape index (κ1) is 36.2. The zero-order chi connectivity index (χ0) is 36.5. The van der Waals surface area contributed by atoms with Crippen LogP contribution < -0.4 is 25.4 Å². The Morgan fingerprint density at radius 2 is 1.39 bits per heavy atom. The summed E-state index contributed by atoms with van der Waals surface area (Å²) in [6.07, 6.45) is 1.43. The highest BCUT2D eigenvalue weighted by atomic mass is 32.2. The fourth-order valence-electron chi connectivity index (χ4n) is 4.80. The lowest BCUT2D eigenvalue weighted by Gasteiger charge is -2.18. The van der Waals surface area contributed by atoms with Crippen molar-refractivity contribution >= 4 is 46.9 Å². The van der Waals surface area contributed by atoms with E-state index >= 15 is 0 Å². The van der Waals surface area contributed by atoms with E-state index in [-0.39, 0.29) is 17.5 Å². The van der Waals surface area contributed by atoms with Crippen molar-refractivity contribution in [2.24, 2.45) is 0 Å².